The lowest BCUT2D eigenvalue weighted by Gasteiger charge is -2.13. The van der Waals surface area contributed by atoms with Crippen molar-refractivity contribution in [2.75, 3.05) is 0 Å². The molecule has 4 heteroatoms. The van der Waals surface area contributed by atoms with Crippen LogP contribution in [0.15, 0.2) is 42.5 Å². The molecule has 0 radical (unpaired) electrons. The van der Waals surface area contributed by atoms with E-state index in [1.165, 1.54) is 0 Å². The second kappa shape index (κ2) is 5.58. The Morgan fingerprint density at radius 3 is 2.81 bits per heavy atom. The summed E-state index contributed by atoms with van der Waals surface area (Å²) in [7, 11) is 0. The normalized spacial score (nSPS) is 12.7. The molecule has 0 saturated carbocycles. The van der Waals surface area contributed by atoms with Gasteiger partial charge in [0.1, 0.15) is 11.6 Å². The average Bonchev–Trinajstić information content (AvgIpc) is 2.92. The SMILES string of the molecule is Cc1cccc(CNC(C)c2nc3ccccc3[nH]2)c1O. The number of nitrogens with zero attached hydrogens (tertiary/aromatic N) is 1. The van der Waals surface area contributed by atoms with Crippen LogP contribution >= 0.6 is 0 Å². The van der Waals surface area contributed by atoms with E-state index in [4.69, 9.17) is 0 Å². The molecule has 0 fully saturated rings. The molecule has 3 rings (SSSR count). The summed E-state index contributed by atoms with van der Waals surface area (Å²) in [5.74, 6) is 1.27. The van der Waals surface area contributed by atoms with Gasteiger partial charge in [-0.05, 0) is 31.5 Å². The molecule has 1 heterocycles. The number of nitrogens with one attached hydrogen (secondary N) is 2. The highest BCUT2D eigenvalue weighted by Crippen LogP contribution is 2.22. The van der Waals surface area contributed by atoms with Crippen LogP contribution in [0.5, 0.6) is 5.75 Å². The average molecular weight is 281 g/mol. The number of imidazole rings is 1. The van der Waals surface area contributed by atoms with Crippen LogP contribution in [-0.2, 0) is 6.54 Å². The van der Waals surface area contributed by atoms with Crippen molar-refractivity contribution in [2.24, 2.45) is 0 Å². The second-order valence-corrected chi connectivity index (χ2v) is 5.32. The molecule has 2 aromatic carbocycles. The summed E-state index contributed by atoms with van der Waals surface area (Å²) in [6.07, 6.45) is 0. The topological polar surface area (TPSA) is 60.9 Å². The molecular weight excluding hydrogens is 262 g/mol. The highest BCUT2D eigenvalue weighted by Gasteiger charge is 2.11. The van der Waals surface area contributed by atoms with Gasteiger partial charge in [-0.15, -0.1) is 0 Å². The standard InChI is InChI=1S/C17H19N3O/c1-11-6-5-7-13(16(11)21)10-18-12(2)17-19-14-8-3-4-9-15(14)20-17/h3-9,12,18,21H,10H2,1-2H3,(H,19,20). The van der Waals surface area contributed by atoms with E-state index in [0.717, 1.165) is 28.0 Å². The van der Waals surface area contributed by atoms with Crippen LogP contribution in [0.25, 0.3) is 11.0 Å². The molecule has 108 valence electrons. The first kappa shape index (κ1) is 13.6. The molecule has 0 saturated heterocycles. The Morgan fingerprint density at radius 2 is 2.00 bits per heavy atom. The van der Waals surface area contributed by atoms with Crippen molar-refractivity contribution in [3.63, 3.8) is 0 Å². The molecule has 0 aliphatic heterocycles. The smallest absolute Gasteiger partial charge is 0.124 e. The summed E-state index contributed by atoms with van der Waals surface area (Å²) in [5.41, 5.74) is 3.81. The molecular formula is C17H19N3O. The van der Waals surface area contributed by atoms with Gasteiger partial charge < -0.3 is 15.4 Å². The van der Waals surface area contributed by atoms with Gasteiger partial charge in [-0.25, -0.2) is 4.98 Å². The van der Waals surface area contributed by atoms with E-state index >= 15 is 0 Å². The van der Waals surface area contributed by atoms with E-state index in [1.807, 2.05) is 49.4 Å². The van der Waals surface area contributed by atoms with Crippen molar-refractivity contribution in [1.29, 1.82) is 0 Å². The van der Waals surface area contributed by atoms with Crippen LogP contribution in [0, 0.1) is 6.92 Å². The molecule has 0 bridgehead atoms. The lowest BCUT2D eigenvalue weighted by atomic mass is 10.1. The largest absolute Gasteiger partial charge is 0.507 e. The van der Waals surface area contributed by atoms with Crippen molar-refractivity contribution in [2.45, 2.75) is 26.4 Å². The van der Waals surface area contributed by atoms with Gasteiger partial charge >= 0.3 is 0 Å². The molecule has 0 amide bonds. The summed E-state index contributed by atoms with van der Waals surface area (Å²) >= 11 is 0. The van der Waals surface area contributed by atoms with Crippen LogP contribution in [-0.4, -0.2) is 15.1 Å². The van der Waals surface area contributed by atoms with E-state index in [-0.39, 0.29) is 6.04 Å². The molecule has 1 unspecified atom stereocenters. The van der Waals surface area contributed by atoms with E-state index in [2.05, 4.69) is 22.2 Å². The maximum Gasteiger partial charge on any atom is 0.124 e. The van der Waals surface area contributed by atoms with Crippen molar-refractivity contribution < 1.29 is 5.11 Å². The van der Waals surface area contributed by atoms with E-state index in [0.29, 0.717) is 12.3 Å². The van der Waals surface area contributed by atoms with Crippen molar-refractivity contribution >= 4 is 11.0 Å². The van der Waals surface area contributed by atoms with Crippen molar-refractivity contribution in [3.05, 3.63) is 59.4 Å². The zero-order valence-corrected chi connectivity index (χ0v) is 12.2. The Labute approximate surface area is 123 Å². The van der Waals surface area contributed by atoms with Gasteiger partial charge in [0.15, 0.2) is 0 Å². The third-order valence-corrected chi connectivity index (χ3v) is 3.74. The maximum absolute atomic E-state index is 10.0. The first-order chi connectivity index (χ1) is 10.1. The van der Waals surface area contributed by atoms with E-state index in [1.54, 1.807) is 0 Å². The van der Waals surface area contributed by atoms with E-state index < -0.39 is 0 Å². The molecule has 1 atom stereocenters. The fourth-order valence-corrected chi connectivity index (χ4v) is 2.40. The highest BCUT2D eigenvalue weighted by atomic mass is 16.3. The lowest BCUT2D eigenvalue weighted by Crippen LogP contribution is -2.19. The summed E-state index contributed by atoms with van der Waals surface area (Å²) < 4.78 is 0. The number of rotatable bonds is 4. The number of aryl methyl sites for hydroxylation is 1. The summed E-state index contributed by atoms with van der Waals surface area (Å²) in [6, 6.07) is 13.9. The van der Waals surface area contributed by atoms with Crippen molar-refractivity contribution in [1.82, 2.24) is 15.3 Å². The number of para-hydroxylation sites is 3. The highest BCUT2D eigenvalue weighted by molar-refractivity contribution is 5.74. The van der Waals surface area contributed by atoms with Gasteiger partial charge in [-0.1, -0.05) is 30.3 Å². The molecule has 0 spiro atoms. The number of benzene rings is 2. The minimum Gasteiger partial charge on any atom is -0.507 e. The van der Waals surface area contributed by atoms with Crippen molar-refractivity contribution in [3.8, 4) is 5.75 Å². The summed E-state index contributed by atoms with van der Waals surface area (Å²) in [6.45, 7) is 4.57. The predicted octanol–water partition coefficient (Wildman–Crippen LogP) is 3.43. The molecule has 4 nitrogen and oxygen atoms in total. The zero-order chi connectivity index (χ0) is 14.8. The summed E-state index contributed by atoms with van der Waals surface area (Å²) in [5, 5.41) is 13.4. The van der Waals surface area contributed by atoms with Gasteiger partial charge in [-0.2, -0.15) is 0 Å². The van der Waals surface area contributed by atoms with Gasteiger partial charge in [0.2, 0.25) is 0 Å². The molecule has 0 aliphatic rings. The number of hydrogen-bond donors (Lipinski definition) is 3. The van der Waals surface area contributed by atoms with Gasteiger partial charge in [0.05, 0.1) is 17.1 Å². The molecule has 3 aromatic rings. The van der Waals surface area contributed by atoms with Crippen LogP contribution in [0.1, 0.15) is 29.9 Å². The fraction of sp³-hybridized carbons (Fsp3) is 0.235. The fourth-order valence-electron chi connectivity index (χ4n) is 2.40. The van der Waals surface area contributed by atoms with E-state index in [9.17, 15) is 5.11 Å². The van der Waals surface area contributed by atoms with Gasteiger partial charge in [-0.3, -0.25) is 0 Å². The number of phenolic OH excluding ortho intramolecular Hbond substituents is 1. The third-order valence-electron chi connectivity index (χ3n) is 3.74. The molecule has 21 heavy (non-hydrogen) atoms. The number of fused-ring (bicyclic) bond motifs is 1. The lowest BCUT2D eigenvalue weighted by molar-refractivity contribution is 0.455. The quantitative estimate of drug-likeness (QED) is 0.686. The minimum absolute atomic E-state index is 0.0808. The molecule has 3 N–H and O–H groups in total. The Hall–Kier alpha value is -2.33. The maximum atomic E-state index is 10.0. The first-order valence-electron chi connectivity index (χ1n) is 7.10. The van der Waals surface area contributed by atoms with Crippen LogP contribution in [0.2, 0.25) is 0 Å². The zero-order valence-electron chi connectivity index (χ0n) is 12.2. The van der Waals surface area contributed by atoms with Crippen LogP contribution in [0.4, 0.5) is 0 Å². The molecule has 1 aromatic heterocycles. The Bertz CT molecular complexity index is 731. The number of aromatic nitrogens is 2. The number of aromatic amines is 1. The minimum atomic E-state index is 0.0808. The number of hydrogen-bond acceptors (Lipinski definition) is 3. The predicted molar refractivity (Wildman–Crippen MR) is 84.2 cm³/mol. The Balaban J connectivity index is 1.74. The Morgan fingerprint density at radius 1 is 1.19 bits per heavy atom. The third kappa shape index (κ3) is 2.76. The van der Waals surface area contributed by atoms with Crippen LogP contribution < -0.4 is 5.32 Å². The van der Waals surface area contributed by atoms with Gasteiger partial charge in [0, 0.05) is 12.1 Å². The molecule has 0 aliphatic carbocycles. The van der Waals surface area contributed by atoms with Crippen LogP contribution in [0.3, 0.4) is 0 Å². The summed E-state index contributed by atoms with van der Waals surface area (Å²) in [4.78, 5) is 7.91. The Kier molecular flexibility index (Phi) is 3.62. The monoisotopic (exact) mass is 281 g/mol. The number of phenols is 1. The number of aromatic hydroxyl groups is 1. The first-order valence-corrected chi connectivity index (χ1v) is 7.10. The van der Waals surface area contributed by atoms with Gasteiger partial charge in [0.25, 0.3) is 0 Å². The number of H-pyrrole nitrogens is 1. The second-order valence-electron chi connectivity index (χ2n) is 5.32.